The summed E-state index contributed by atoms with van der Waals surface area (Å²) in [6.07, 6.45) is 14.6. The lowest BCUT2D eigenvalue weighted by Crippen LogP contribution is -2.24. The predicted octanol–water partition coefficient (Wildman–Crippen LogP) is 21.2. The molecule has 3 saturated carbocycles. The number of rotatable bonds is 19. The number of halogens is 14. The van der Waals surface area contributed by atoms with Gasteiger partial charge in [-0.25, -0.2) is 52.7 Å². The summed E-state index contributed by atoms with van der Waals surface area (Å²) in [4.78, 5) is 0. The predicted molar refractivity (Wildman–Crippen MR) is 273 cm³/mol. The number of allylic oxidation sites excluding steroid dienone is 1. The van der Waals surface area contributed by atoms with Gasteiger partial charge in [-0.3, -0.25) is 8.78 Å². The summed E-state index contributed by atoms with van der Waals surface area (Å²) in [6.45, 7) is 11.2. The van der Waals surface area contributed by atoms with Gasteiger partial charge in [0.15, 0.2) is 34.9 Å². The fourth-order valence-corrected chi connectivity index (χ4v) is 11.1. The average molecular weight is 1070 g/mol. The molecule has 0 amide bonds. The number of alkyl halides is 8. The molecule has 0 aromatic heterocycles. The van der Waals surface area contributed by atoms with E-state index in [1.807, 2.05) is 6.92 Å². The molecule has 3 aliphatic carbocycles. The molecule has 3 fully saturated rings. The van der Waals surface area contributed by atoms with E-state index in [0.717, 1.165) is 39.5 Å². The van der Waals surface area contributed by atoms with Gasteiger partial charge in [0.05, 0.1) is 14.4 Å². The van der Waals surface area contributed by atoms with Crippen LogP contribution in [0.4, 0.5) is 61.5 Å². The Labute approximate surface area is 434 Å². The summed E-state index contributed by atoms with van der Waals surface area (Å²) in [6, 6.07) is 9.98. The van der Waals surface area contributed by atoms with Gasteiger partial charge in [0.2, 0.25) is 17.8 Å². The second-order valence-electron chi connectivity index (χ2n) is 21.0. The van der Waals surface area contributed by atoms with Crippen LogP contribution >= 0.6 is 0 Å². The number of hydrogen-bond donors (Lipinski definition) is 0. The standard InChI is InChI=1S/C23H34F4.C18H22F4.C17H22F4.2CH3F/c1-3-5-7-8-19-13-14-20(22(25)21(19)24)18-11-9-17(10-12-18)16-23(26,27)15-6-4-2;1-3-4-14-9-10-15(17(20)16(14)19)13-7-5-12(6-8-13)11-18(2,21)22;1-3-12-8-9-14(16(19)15(12)18)13-6-4-11(5-7-13)10-17(2,20)21;2*1-2/h13-14,17-18H,3-12,15-16H2,1-2H3;3,9-10,12-13H,1,4-8,11H2,2H3;8-9,11,13H,3-7,10H2,1-2H3;2*1H3. The quantitative estimate of drug-likeness (QED) is 0.0638. The smallest absolute Gasteiger partial charge is 0.248 e. The van der Waals surface area contributed by atoms with Crippen molar-refractivity contribution < 1.29 is 61.5 Å². The molecule has 3 aromatic rings. The highest BCUT2D eigenvalue weighted by molar-refractivity contribution is 5.32. The Hall–Kier alpha value is -3.58. The van der Waals surface area contributed by atoms with Crippen molar-refractivity contribution >= 4 is 0 Å². The molecule has 0 atom stereocenters. The minimum atomic E-state index is -2.65. The largest absolute Gasteiger partial charge is 0.255 e. The molecule has 14 heteroatoms. The van der Waals surface area contributed by atoms with E-state index in [1.165, 1.54) is 6.08 Å². The zero-order valence-corrected chi connectivity index (χ0v) is 45.0. The van der Waals surface area contributed by atoms with Crippen molar-refractivity contribution in [2.45, 2.75) is 224 Å². The van der Waals surface area contributed by atoms with Crippen LogP contribution in [0.2, 0.25) is 0 Å². The lowest BCUT2D eigenvalue weighted by atomic mass is 9.76. The Morgan fingerprint density at radius 1 is 0.446 bits per heavy atom. The van der Waals surface area contributed by atoms with Gasteiger partial charge >= 0.3 is 0 Å². The Balaban J connectivity index is 0.000000370. The normalized spacial score (nSPS) is 21.1. The van der Waals surface area contributed by atoms with Gasteiger partial charge in [0, 0.05) is 25.7 Å². The minimum Gasteiger partial charge on any atom is -0.255 e. The second-order valence-corrected chi connectivity index (χ2v) is 21.0. The van der Waals surface area contributed by atoms with E-state index in [4.69, 9.17) is 0 Å². The Bertz CT molecular complexity index is 2050. The van der Waals surface area contributed by atoms with E-state index in [1.54, 1.807) is 43.3 Å². The van der Waals surface area contributed by atoms with Gasteiger partial charge in [-0.1, -0.05) is 82.5 Å². The van der Waals surface area contributed by atoms with E-state index in [-0.39, 0.29) is 61.2 Å². The lowest BCUT2D eigenvalue weighted by Gasteiger charge is -2.31. The van der Waals surface area contributed by atoms with Crippen LogP contribution in [0.15, 0.2) is 49.1 Å². The molecule has 0 nitrogen and oxygen atoms in total. The van der Waals surface area contributed by atoms with E-state index in [2.05, 4.69) is 13.5 Å². The van der Waals surface area contributed by atoms with Crippen LogP contribution in [0.25, 0.3) is 0 Å². The fraction of sp³-hybridized carbons (Fsp3) is 0.667. The highest BCUT2D eigenvalue weighted by atomic mass is 19.3. The van der Waals surface area contributed by atoms with Crippen molar-refractivity contribution in [2.24, 2.45) is 17.8 Å². The van der Waals surface area contributed by atoms with Crippen molar-refractivity contribution in [3.63, 3.8) is 0 Å². The summed E-state index contributed by atoms with van der Waals surface area (Å²) in [7, 11) is 1.00. The first-order chi connectivity index (χ1) is 35.0. The van der Waals surface area contributed by atoms with Crippen LogP contribution in [0.3, 0.4) is 0 Å². The lowest BCUT2D eigenvalue weighted by molar-refractivity contribution is -0.0374. The van der Waals surface area contributed by atoms with Gasteiger partial charge in [0.25, 0.3) is 0 Å². The summed E-state index contributed by atoms with van der Waals surface area (Å²) in [5.74, 6) is -12.6. The first kappa shape index (κ1) is 66.5. The number of aryl methyl sites for hydroxylation is 2. The molecule has 6 rings (SSSR count). The molecule has 0 bridgehead atoms. The summed E-state index contributed by atoms with van der Waals surface area (Å²) in [5.41, 5.74) is 2.36. The summed E-state index contributed by atoms with van der Waals surface area (Å²) >= 11 is 0. The van der Waals surface area contributed by atoms with E-state index < -0.39 is 52.7 Å². The monoisotopic (exact) mass is 1070 g/mol. The van der Waals surface area contributed by atoms with Gasteiger partial charge < -0.3 is 0 Å². The third-order valence-corrected chi connectivity index (χ3v) is 15.0. The molecule has 0 spiro atoms. The SMILES string of the molecule is C=CCc1ccc(C2CCC(CC(C)(F)F)CC2)c(F)c1F.CCCCCc1ccc(C2CCC(CC(F)(F)CCCC)CC2)c(F)c1F.CCc1ccc(C2CCC(CC(C)(F)F)CC2)c(F)c1F.CF.CF. The van der Waals surface area contributed by atoms with Crippen molar-refractivity contribution in [3.8, 4) is 0 Å². The van der Waals surface area contributed by atoms with E-state index in [0.29, 0.717) is 150 Å². The highest BCUT2D eigenvalue weighted by Gasteiger charge is 2.36. The van der Waals surface area contributed by atoms with Crippen LogP contribution < -0.4 is 0 Å². The summed E-state index contributed by atoms with van der Waals surface area (Å²) < 4.78 is 184. The number of benzene rings is 3. The van der Waals surface area contributed by atoms with Crippen LogP contribution in [0.1, 0.15) is 221 Å². The fourth-order valence-electron chi connectivity index (χ4n) is 11.1. The van der Waals surface area contributed by atoms with Crippen LogP contribution in [-0.4, -0.2) is 32.1 Å². The van der Waals surface area contributed by atoms with Gasteiger partial charge in [-0.05, 0) is 192 Å². The van der Waals surface area contributed by atoms with Crippen molar-refractivity contribution in [1.29, 1.82) is 0 Å². The molecule has 0 unspecified atom stereocenters. The van der Waals surface area contributed by atoms with Crippen LogP contribution in [0.5, 0.6) is 0 Å². The molecule has 3 aliphatic rings. The topological polar surface area (TPSA) is 0 Å². The maximum Gasteiger partial charge on any atom is 0.248 e. The molecule has 0 saturated heterocycles. The molecule has 422 valence electrons. The Morgan fingerprint density at radius 2 is 0.784 bits per heavy atom. The van der Waals surface area contributed by atoms with Crippen LogP contribution in [0, 0.1) is 52.7 Å². The van der Waals surface area contributed by atoms with Crippen molar-refractivity contribution in [3.05, 3.63) is 117 Å². The Morgan fingerprint density at radius 3 is 1.14 bits per heavy atom. The first-order valence-corrected chi connectivity index (χ1v) is 26.9. The third kappa shape index (κ3) is 21.8. The number of unbranched alkanes of at least 4 members (excludes halogenated alkanes) is 3. The molecule has 74 heavy (non-hydrogen) atoms. The summed E-state index contributed by atoms with van der Waals surface area (Å²) in [5, 5.41) is 0. The minimum absolute atomic E-state index is 0.00525. The van der Waals surface area contributed by atoms with Crippen molar-refractivity contribution in [1.82, 2.24) is 0 Å². The highest BCUT2D eigenvalue weighted by Crippen LogP contribution is 2.44. The molecule has 3 aromatic carbocycles. The van der Waals surface area contributed by atoms with E-state index >= 15 is 0 Å². The zero-order valence-electron chi connectivity index (χ0n) is 45.0. The van der Waals surface area contributed by atoms with Gasteiger partial charge in [-0.2, -0.15) is 0 Å². The zero-order chi connectivity index (χ0) is 55.8. The van der Waals surface area contributed by atoms with Gasteiger partial charge in [-0.15, -0.1) is 6.58 Å². The van der Waals surface area contributed by atoms with Crippen LogP contribution in [-0.2, 0) is 19.3 Å². The van der Waals surface area contributed by atoms with E-state index in [9.17, 15) is 61.5 Å². The average Bonchev–Trinajstić information content (AvgIpc) is 3.36. The third-order valence-electron chi connectivity index (χ3n) is 15.0. The molecular weight excluding hydrogens is 987 g/mol. The Kier molecular flexibility index (Phi) is 29.6. The number of hydrogen-bond acceptors (Lipinski definition) is 0. The second kappa shape index (κ2) is 32.9. The molecule has 0 heterocycles. The molecular formula is C60H84F14. The molecule has 0 radical (unpaired) electrons. The van der Waals surface area contributed by atoms with Crippen molar-refractivity contribution in [2.75, 3.05) is 14.4 Å². The maximum absolute atomic E-state index is 14.6. The maximum atomic E-state index is 14.6. The molecule has 0 N–H and O–H groups in total. The molecule has 0 aliphatic heterocycles. The van der Waals surface area contributed by atoms with Gasteiger partial charge in [0.1, 0.15) is 0 Å². The first-order valence-electron chi connectivity index (χ1n) is 26.9.